The molecule has 6 heteroatoms. The second kappa shape index (κ2) is 5.74. The van der Waals surface area contributed by atoms with Gasteiger partial charge in [0.2, 0.25) is 0 Å². The van der Waals surface area contributed by atoms with Crippen molar-refractivity contribution in [2.24, 2.45) is 0 Å². The van der Waals surface area contributed by atoms with Crippen molar-refractivity contribution in [3.63, 3.8) is 0 Å². The molecule has 0 radical (unpaired) electrons. The highest BCUT2D eigenvalue weighted by atomic mass is 15.2. The summed E-state index contributed by atoms with van der Waals surface area (Å²) < 4.78 is 2.41. The molecule has 0 aliphatic heterocycles. The fraction of sp³-hybridized carbons (Fsp3) is 0.333. The molecule has 0 amide bonds. The second-order valence-electron chi connectivity index (χ2n) is 7.69. The van der Waals surface area contributed by atoms with E-state index in [0.29, 0.717) is 18.0 Å². The molecule has 4 heterocycles. The van der Waals surface area contributed by atoms with Crippen molar-refractivity contribution in [1.29, 1.82) is 0 Å². The number of anilines is 1. The van der Waals surface area contributed by atoms with Gasteiger partial charge in [0.1, 0.15) is 17.2 Å². The van der Waals surface area contributed by atoms with Crippen LogP contribution in [-0.4, -0.2) is 30.5 Å². The third-order valence-corrected chi connectivity index (χ3v) is 5.74. The SMILES string of the molecule is c1cnc2c(c1)nc(C1CC1)n2C1CC(Nc2ccc3ccncc3n2)C1. The minimum atomic E-state index is 0.435. The molecule has 6 nitrogen and oxygen atoms in total. The standard InChI is InChI=1S/C21H20N6/c1-2-17-21(23-8-1)27(20(26-17)14-3-4-14)16-10-15(11-16)24-19-6-5-13-7-9-22-12-18(13)25-19/h1-2,5-9,12,14-16H,3-4,10-11H2,(H,24,25). The Hall–Kier alpha value is -3.02. The molecule has 2 fully saturated rings. The van der Waals surface area contributed by atoms with E-state index in [1.807, 2.05) is 24.5 Å². The third kappa shape index (κ3) is 2.55. The van der Waals surface area contributed by atoms with Gasteiger partial charge in [-0.2, -0.15) is 0 Å². The van der Waals surface area contributed by atoms with Crippen molar-refractivity contribution in [1.82, 2.24) is 24.5 Å². The van der Waals surface area contributed by atoms with Crippen LogP contribution in [0.15, 0.2) is 48.9 Å². The van der Waals surface area contributed by atoms with Gasteiger partial charge in [0.25, 0.3) is 0 Å². The largest absolute Gasteiger partial charge is 0.367 e. The fourth-order valence-electron chi connectivity index (χ4n) is 4.11. The number of aromatic nitrogens is 5. The van der Waals surface area contributed by atoms with Crippen molar-refractivity contribution in [2.45, 2.75) is 43.7 Å². The number of hydrogen-bond acceptors (Lipinski definition) is 5. The maximum Gasteiger partial charge on any atom is 0.160 e. The van der Waals surface area contributed by atoms with Crippen LogP contribution in [0.1, 0.15) is 43.5 Å². The van der Waals surface area contributed by atoms with E-state index in [1.165, 1.54) is 18.7 Å². The van der Waals surface area contributed by atoms with Gasteiger partial charge >= 0.3 is 0 Å². The number of imidazole rings is 1. The van der Waals surface area contributed by atoms with Gasteiger partial charge in [-0.3, -0.25) is 4.98 Å². The smallest absolute Gasteiger partial charge is 0.160 e. The van der Waals surface area contributed by atoms with Crippen LogP contribution in [0.4, 0.5) is 5.82 Å². The molecular weight excluding hydrogens is 336 g/mol. The van der Waals surface area contributed by atoms with Crippen molar-refractivity contribution >= 4 is 27.9 Å². The summed E-state index contributed by atoms with van der Waals surface area (Å²) in [5, 5.41) is 4.70. The van der Waals surface area contributed by atoms with E-state index >= 15 is 0 Å². The Morgan fingerprint density at radius 2 is 1.89 bits per heavy atom. The quantitative estimate of drug-likeness (QED) is 0.597. The molecule has 2 aliphatic carbocycles. The first kappa shape index (κ1) is 15.1. The lowest BCUT2D eigenvalue weighted by molar-refractivity contribution is 0.281. The number of fused-ring (bicyclic) bond motifs is 2. The van der Waals surface area contributed by atoms with E-state index in [9.17, 15) is 0 Å². The zero-order valence-electron chi connectivity index (χ0n) is 14.9. The van der Waals surface area contributed by atoms with Gasteiger partial charge in [0.05, 0.1) is 11.7 Å². The Labute approximate surface area is 156 Å². The first-order valence-corrected chi connectivity index (χ1v) is 9.65. The molecule has 4 aromatic rings. The van der Waals surface area contributed by atoms with Gasteiger partial charge in [-0.1, -0.05) is 0 Å². The van der Waals surface area contributed by atoms with Gasteiger partial charge in [0, 0.05) is 35.8 Å². The van der Waals surface area contributed by atoms with Crippen molar-refractivity contribution < 1.29 is 0 Å². The van der Waals surface area contributed by atoms with Crippen LogP contribution >= 0.6 is 0 Å². The lowest BCUT2D eigenvalue weighted by Crippen LogP contribution is -2.37. The summed E-state index contributed by atoms with van der Waals surface area (Å²) in [6.07, 6.45) is 10.2. The van der Waals surface area contributed by atoms with Crippen LogP contribution in [0.2, 0.25) is 0 Å². The predicted octanol–water partition coefficient (Wildman–Crippen LogP) is 4.07. The summed E-state index contributed by atoms with van der Waals surface area (Å²) >= 11 is 0. The van der Waals surface area contributed by atoms with Gasteiger partial charge in [0.15, 0.2) is 5.65 Å². The molecule has 0 saturated heterocycles. The summed E-state index contributed by atoms with van der Waals surface area (Å²) in [4.78, 5) is 18.4. The molecule has 0 unspecified atom stereocenters. The Balaban J connectivity index is 1.23. The number of pyridine rings is 3. The fourth-order valence-corrected chi connectivity index (χ4v) is 4.11. The van der Waals surface area contributed by atoms with Crippen molar-refractivity contribution in [3.05, 3.63) is 54.7 Å². The maximum absolute atomic E-state index is 4.88. The number of nitrogens with zero attached hydrogens (tertiary/aromatic N) is 5. The van der Waals surface area contributed by atoms with Crippen molar-refractivity contribution in [3.8, 4) is 0 Å². The summed E-state index contributed by atoms with van der Waals surface area (Å²) in [7, 11) is 0. The van der Waals surface area contributed by atoms with Gasteiger partial charge in [-0.15, -0.1) is 0 Å². The van der Waals surface area contributed by atoms with Gasteiger partial charge in [-0.05, 0) is 56.0 Å². The van der Waals surface area contributed by atoms with E-state index in [1.54, 1.807) is 6.20 Å². The maximum atomic E-state index is 4.88. The minimum Gasteiger partial charge on any atom is -0.367 e. The van der Waals surface area contributed by atoms with E-state index in [-0.39, 0.29) is 0 Å². The molecule has 2 saturated carbocycles. The topological polar surface area (TPSA) is 68.5 Å². The molecule has 0 atom stereocenters. The van der Waals surface area contributed by atoms with Crippen LogP contribution in [0.25, 0.3) is 22.1 Å². The van der Waals surface area contributed by atoms with Crippen LogP contribution in [-0.2, 0) is 0 Å². The Morgan fingerprint density at radius 1 is 0.963 bits per heavy atom. The lowest BCUT2D eigenvalue weighted by atomic mass is 9.86. The highest BCUT2D eigenvalue weighted by molar-refractivity contribution is 5.79. The number of nitrogens with one attached hydrogen (secondary N) is 1. The molecule has 27 heavy (non-hydrogen) atoms. The Kier molecular flexibility index (Phi) is 3.21. The molecule has 0 spiro atoms. The summed E-state index contributed by atoms with van der Waals surface area (Å²) in [6.45, 7) is 0. The second-order valence-corrected chi connectivity index (χ2v) is 7.69. The molecule has 0 bridgehead atoms. The highest BCUT2D eigenvalue weighted by Gasteiger charge is 2.37. The minimum absolute atomic E-state index is 0.435. The first-order chi connectivity index (χ1) is 13.3. The van der Waals surface area contributed by atoms with Crippen molar-refractivity contribution in [2.75, 3.05) is 5.32 Å². The normalized spacial score (nSPS) is 22.1. The van der Waals surface area contributed by atoms with Crippen LogP contribution in [0.5, 0.6) is 0 Å². The molecule has 1 N–H and O–H groups in total. The van der Waals surface area contributed by atoms with E-state index < -0.39 is 0 Å². The summed E-state index contributed by atoms with van der Waals surface area (Å²) in [5.74, 6) is 2.79. The predicted molar refractivity (Wildman–Crippen MR) is 105 cm³/mol. The zero-order valence-corrected chi connectivity index (χ0v) is 14.9. The average molecular weight is 356 g/mol. The molecular formula is C21H20N6. The van der Waals surface area contributed by atoms with Gasteiger partial charge < -0.3 is 9.88 Å². The van der Waals surface area contributed by atoms with E-state index in [0.717, 1.165) is 40.7 Å². The molecule has 2 aliphatic rings. The zero-order chi connectivity index (χ0) is 17.8. The number of rotatable bonds is 4. The van der Waals surface area contributed by atoms with E-state index in [2.05, 4.69) is 43.0 Å². The molecule has 6 rings (SSSR count). The molecule has 0 aromatic carbocycles. The lowest BCUT2D eigenvalue weighted by Gasteiger charge is -2.38. The average Bonchev–Trinajstić information content (AvgIpc) is 3.45. The Bertz CT molecular complexity index is 1140. The van der Waals surface area contributed by atoms with Crippen LogP contribution < -0.4 is 5.32 Å². The van der Waals surface area contributed by atoms with E-state index in [4.69, 9.17) is 4.98 Å². The monoisotopic (exact) mass is 356 g/mol. The third-order valence-electron chi connectivity index (χ3n) is 5.74. The van der Waals surface area contributed by atoms with Gasteiger partial charge in [-0.25, -0.2) is 15.0 Å². The van der Waals surface area contributed by atoms with Crippen LogP contribution in [0, 0.1) is 0 Å². The molecule has 4 aromatic heterocycles. The van der Waals surface area contributed by atoms with Crippen LogP contribution in [0.3, 0.4) is 0 Å². The summed E-state index contributed by atoms with van der Waals surface area (Å²) in [5.41, 5.74) is 3.00. The Morgan fingerprint density at radius 3 is 2.78 bits per heavy atom. The summed E-state index contributed by atoms with van der Waals surface area (Å²) in [6, 6.07) is 11.1. The first-order valence-electron chi connectivity index (χ1n) is 9.65. The highest BCUT2D eigenvalue weighted by Crippen LogP contribution is 2.45. The molecule has 134 valence electrons. The number of hydrogen-bond donors (Lipinski definition) is 1.